The molecule has 0 aliphatic rings. The predicted octanol–water partition coefficient (Wildman–Crippen LogP) is 3.51. The first kappa shape index (κ1) is 13.3. The molecule has 1 nitrogen and oxygen atoms in total. The van der Waals surface area contributed by atoms with E-state index in [1.165, 1.54) is 13.8 Å². The third-order valence-corrected chi connectivity index (χ3v) is 2.97. The van der Waals surface area contributed by atoms with Crippen LogP contribution in [0.25, 0.3) is 0 Å². The summed E-state index contributed by atoms with van der Waals surface area (Å²) in [6, 6.07) is 4.34. The molecular formula is C11H13ClF3N. The Morgan fingerprint density at radius 3 is 1.94 bits per heavy atom. The van der Waals surface area contributed by atoms with Crippen LogP contribution < -0.4 is 5.73 Å². The zero-order chi connectivity index (χ0) is 12.6. The summed E-state index contributed by atoms with van der Waals surface area (Å²) < 4.78 is 37.7. The second-order valence-corrected chi connectivity index (χ2v) is 4.68. The van der Waals surface area contributed by atoms with E-state index in [1.54, 1.807) is 24.3 Å². The van der Waals surface area contributed by atoms with Crippen LogP contribution in [0.2, 0.25) is 5.02 Å². The first-order valence-electron chi connectivity index (χ1n) is 4.74. The molecule has 0 aliphatic heterocycles. The van der Waals surface area contributed by atoms with Crippen molar-refractivity contribution < 1.29 is 13.2 Å². The molecule has 1 rings (SSSR count). The van der Waals surface area contributed by atoms with Crippen molar-refractivity contribution in [2.75, 3.05) is 0 Å². The van der Waals surface area contributed by atoms with Gasteiger partial charge in [-0.3, -0.25) is 0 Å². The minimum atomic E-state index is -4.41. The number of nitrogens with two attached hydrogens (primary N) is 1. The van der Waals surface area contributed by atoms with E-state index in [1.807, 2.05) is 0 Å². The molecule has 5 heteroatoms. The van der Waals surface area contributed by atoms with Crippen LogP contribution in [-0.2, 0) is 5.41 Å². The van der Waals surface area contributed by atoms with Gasteiger partial charge in [-0.2, -0.15) is 13.2 Å². The Hall–Kier alpha value is -0.740. The normalized spacial score (nSPS) is 14.9. The SMILES string of the molecule is CC(C)(c1ccc(Cl)cc1)C(N)C(F)(F)F. The molecule has 90 valence electrons. The maximum Gasteiger partial charge on any atom is 0.404 e. The first-order chi connectivity index (χ1) is 7.15. The van der Waals surface area contributed by atoms with Gasteiger partial charge in [-0.1, -0.05) is 37.6 Å². The monoisotopic (exact) mass is 251 g/mol. The summed E-state index contributed by atoms with van der Waals surface area (Å²) in [5, 5.41) is 0.486. The number of benzene rings is 1. The molecule has 0 aromatic heterocycles. The van der Waals surface area contributed by atoms with Crippen molar-refractivity contribution in [2.45, 2.75) is 31.5 Å². The molecule has 0 saturated heterocycles. The van der Waals surface area contributed by atoms with Gasteiger partial charge in [0, 0.05) is 10.4 Å². The Bertz CT molecular complexity index is 356. The summed E-state index contributed by atoms with van der Waals surface area (Å²) in [6.45, 7) is 2.93. The van der Waals surface area contributed by atoms with Crippen LogP contribution in [0.3, 0.4) is 0 Å². The highest BCUT2D eigenvalue weighted by Crippen LogP contribution is 2.35. The molecular weight excluding hydrogens is 239 g/mol. The summed E-state index contributed by atoms with van der Waals surface area (Å²) in [4.78, 5) is 0. The number of halogens is 4. The minimum absolute atomic E-state index is 0.486. The zero-order valence-electron chi connectivity index (χ0n) is 8.98. The van der Waals surface area contributed by atoms with E-state index < -0.39 is 17.6 Å². The molecule has 0 aliphatic carbocycles. The standard InChI is InChI=1S/C11H13ClF3N/c1-10(2,9(16)11(13,14)15)7-3-5-8(12)6-4-7/h3-6,9H,16H2,1-2H3. The minimum Gasteiger partial charge on any atom is -0.319 e. The maximum absolute atomic E-state index is 12.6. The molecule has 0 bridgehead atoms. The second-order valence-electron chi connectivity index (χ2n) is 4.25. The highest BCUT2D eigenvalue weighted by molar-refractivity contribution is 6.30. The molecule has 0 heterocycles. The molecule has 0 fully saturated rings. The van der Waals surface area contributed by atoms with Crippen LogP contribution in [-0.4, -0.2) is 12.2 Å². The van der Waals surface area contributed by atoms with E-state index in [9.17, 15) is 13.2 Å². The molecule has 0 spiro atoms. The van der Waals surface area contributed by atoms with E-state index in [2.05, 4.69) is 0 Å². The number of rotatable bonds is 2. The lowest BCUT2D eigenvalue weighted by atomic mass is 9.78. The lowest BCUT2D eigenvalue weighted by molar-refractivity contribution is -0.160. The molecule has 1 aromatic rings. The Morgan fingerprint density at radius 2 is 1.56 bits per heavy atom. The van der Waals surface area contributed by atoms with Gasteiger partial charge in [-0.05, 0) is 17.7 Å². The summed E-state index contributed by atoms with van der Waals surface area (Å²) in [6.07, 6.45) is -4.41. The quantitative estimate of drug-likeness (QED) is 0.855. The van der Waals surface area contributed by atoms with E-state index >= 15 is 0 Å². The fourth-order valence-electron chi connectivity index (χ4n) is 1.47. The van der Waals surface area contributed by atoms with E-state index in [4.69, 9.17) is 17.3 Å². The van der Waals surface area contributed by atoms with Crippen molar-refractivity contribution in [3.8, 4) is 0 Å². The van der Waals surface area contributed by atoms with E-state index in [0.717, 1.165) is 0 Å². The van der Waals surface area contributed by atoms with Gasteiger partial charge in [-0.25, -0.2) is 0 Å². The van der Waals surface area contributed by atoms with Crippen LogP contribution in [0.15, 0.2) is 24.3 Å². The van der Waals surface area contributed by atoms with Crippen molar-refractivity contribution in [2.24, 2.45) is 5.73 Å². The third kappa shape index (κ3) is 2.68. The van der Waals surface area contributed by atoms with Crippen LogP contribution in [0.4, 0.5) is 13.2 Å². The zero-order valence-corrected chi connectivity index (χ0v) is 9.73. The average Bonchev–Trinajstić information content (AvgIpc) is 2.16. The van der Waals surface area contributed by atoms with Gasteiger partial charge in [0.2, 0.25) is 0 Å². The topological polar surface area (TPSA) is 26.0 Å². The van der Waals surface area contributed by atoms with Gasteiger partial charge >= 0.3 is 6.18 Å². The Kier molecular flexibility index (Phi) is 3.55. The molecule has 0 amide bonds. The summed E-state index contributed by atoms with van der Waals surface area (Å²) >= 11 is 5.68. The van der Waals surface area contributed by atoms with Crippen LogP contribution in [0.5, 0.6) is 0 Å². The molecule has 2 N–H and O–H groups in total. The second kappa shape index (κ2) is 4.26. The van der Waals surface area contributed by atoms with Gasteiger partial charge in [0.05, 0.1) is 0 Å². The number of hydrogen-bond donors (Lipinski definition) is 1. The van der Waals surface area contributed by atoms with E-state index in [-0.39, 0.29) is 0 Å². The fraction of sp³-hybridized carbons (Fsp3) is 0.455. The Balaban J connectivity index is 3.06. The van der Waals surface area contributed by atoms with Gasteiger partial charge in [0.15, 0.2) is 0 Å². The number of alkyl halides is 3. The van der Waals surface area contributed by atoms with Crippen LogP contribution in [0, 0.1) is 0 Å². The third-order valence-electron chi connectivity index (χ3n) is 2.72. The molecule has 1 atom stereocenters. The van der Waals surface area contributed by atoms with Gasteiger partial charge in [0.1, 0.15) is 6.04 Å². The summed E-state index contributed by atoms with van der Waals surface area (Å²) in [7, 11) is 0. The van der Waals surface area contributed by atoms with Crippen molar-refractivity contribution in [1.29, 1.82) is 0 Å². The van der Waals surface area contributed by atoms with Gasteiger partial charge in [0.25, 0.3) is 0 Å². The van der Waals surface area contributed by atoms with Crippen molar-refractivity contribution in [3.63, 3.8) is 0 Å². The molecule has 0 radical (unpaired) electrons. The molecule has 0 saturated carbocycles. The molecule has 1 aromatic carbocycles. The smallest absolute Gasteiger partial charge is 0.319 e. The average molecular weight is 252 g/mol. The van der Waals surface area contributed by atoms with Crippen molar-refractivity contribution in [1.82, 2.24) is 0 Å². The molecule has 16 heavy (non-hydrogen) atoms. The number of hydrogen-bond acceptors (Lipinski definition) is 1. The van der Waals surface area contributed by atoms with Crippen LogP contribution >= 0.6 is 11.6 Å². The first-order valence-corrected chi connectivity index (χ1v) is 5.12. The van der Waals surface area contributed by atoms with E-state index in [0.29, 0.717) is 10.6 Å². The summed E-state index contributed by atoms with van der Waals surface area (Å²) in [5.41, 5.74) is 4.58. The maximum atomic E-state index is 12.6. The lowest BCUT2D eigenvalue weighted by Gasteiger charge is -2.33. The fourth-order valence-corrected chi connectivity index (χ4v) is 1.59. The van der Waals surface area contributed by atoms with Crippen molar-refractivity contribution >= 4 is 11.6 Å². The van der Waals surface area contributed by atoms with Gasteiger partial charge < -0.3 is 5.73 Å². The highest BCUT2D eigenvalue weighted by atomic mass is 35.5. The summed E-state index contributed by atoms with van der Waals surface area (Å²) in [5.74, 6) is 0. The predicted molar refractivity (Wildman–Crippen MR) is 58.5 cm³/mol. The Labute approximate surface area is 97.4 Å². The van der Waals surface area contributed by atoms with Gasteiger partial charge in [-0.15, -0.1) is 0 Å². The largest absolute Gasteiger partial charge is 0.404 e. The lowest BCUT2D eigenvalue weighted by Crippen LogP contribution is -2.51. The Morgan fingerprint density at radius 1 is 1.12 bits per heavy atom. The molecule has 1 unspecified atom stereocenters. The van der Waals surface area contributed by atoms with Crippen molar-refractivity contribution in [3.05, 3.63) is 34.9 Å². The highest BCUT2D eigenvalue weighted by Gasteiger charge is 2.47. The van der Waals surface area contributed by atoms with Crippen LogP contribution in [0.1, 0.15) is 19.4 Å².